The molecule has 0 saturated carbocycles. The van der Waals surface area contributed by atoms with E-state index in [1.54, 1.807) is 23.1 Å². The Morgan fingerprint density at radius 1 is 1.08 bits per heavy atom. The Morgan fingerprint density at radius 2 is 1.75 bits per heavy atom. The van der Waals surface area contributed by atoms with E-state index in [4.69, 9.17) is 9.47 Å². The Kier molecular flexibility index (Phi) is 4.25. The van der Waals surface area contributed by atoms with Crippen LogP contribution in [0.25, 0.3) is 0 Å². The van der Waals surface area contributed by atoms with Crippen LogP contribution in [0.15, 0.2) is 36.4 Å². The van der Waals surface area contributed by atoms with Crippen molar-refractivity contribution in [3.8, 4) is 11.5 Å². The molecule has 1 aliphatic heterocycles. The quantitative estimate of drug-likeness (QED) is 0.869. The van der Waals surface area contributed by atoms with E-state index in [1.165, 1.54) is 14.2 Å². The topological polar surface area (TPSA) is 55.8 Å². The lowest BCUT2D eigenvalue weighted by Gasteiger charge is -2.30. The first kappa shape index (κ1) is 16.1. The van der Waals surface area contributed by atoms with Gasteiger partial charge in [-0.25, -0.2) is 0 Å². The number of aryl methyl sites for hydroxylation is 1. The molecule has 0 fully saturated rings. The van der Waals surface area contributed by atoms with E-state index in [0.717, 1.165) is 5.56 Å². The molecule has 1 heterocycles. The van der Waals surface area contributed by atoms with Crippen molar-refractivity contribution in [3.63, 3.8) is 0 Å². The highest BCUT2D eigenvalue weighted by molar-refractivity contribution is 6.14. The summed E-state index contributed by atoms with van der Waals surface area (Å²) in [5.74, 6) is 0.859. The van der Waals surface area contributed by atoms with Crippen LogP contribution in [-0.4, -0.2) is 32.5 Å². The lowest BCUT2D eigenvalue weighted by Crippen LogP contribution is -2.37. The summed E-state index contributed by atoms with van der Waals surface area (Å²) in [6.07, 6.45) is 0.292. The second-order valence-corrected chi connectivity index (χ2v) is 5.67. The van der Waals surface area contributed by atoms with Crippen molar-refractivity contribution in [3.05, 3.63) is 53.1 Å². The molecule has 1 aliphatic rings. The van der Waals surface area contributed by atoms with Gasteiger partial charge in [-0.3, -0.25) is 9.59 Å². The third-order valence-corrected chi connectivity index (χ3v) is 4.28. The summed E-state index contributed by atoms with van der Waals surface area (Å²) in [6.45, 7) is 2.26. The minimum absolute atomic E-state index is 0.000198. The number of ether oxygens (including phenoxy) is 2. The monoisotopic (exact) mass is 325 g/mol. The van der Waals surface area contributed by atoms with Gasteiger partial charge in [-0.1, -0.05) is 18.2 Å². The van der Waals surface area contributed by atoms with Crippen LogP contribution in [0.3, 0.4) is 0 Å². The molecule has 0 spiro atoms. The molecule has 0 radical (unpaired) electrons. The Hall–Kier alpha value is -2.82. The van der Waals surface area contributed by atoms with Gasteiger partial charge in [0.25, 0.3) is 5.91 Å². The Balaban J connectivity index is 2.10. The van der Waals surface area contributed by atoms with Gasteiger partial charge in [0.15, 0.2) is 17.3 Å². The fourth-order valence-electron chi connectivity index (χ4n) is 2.95. The average Bonchev–Trinajstić information content (AvgIpc) is 2.61. The Labute approximate surface area is 140 Å². The molecule has 124 valence electrons. The summed E-state index contributed by atoms with van der Waals surface area (Å²) >= 11 is 0. The van der Waals surface area contributed by atoms with Crippen molar-refractivity contribution in [2.75, 3.05) is 25.7 Å². The zero-order valence-corrected chi connectivity index (χ0v) is 14.0. The highest BCUT2D eigenvalue weighted by Crippen LogP contribution is 2.38. The molecule has 1 amide bonds. The standard InChI is InChI=1S/C19H19NO4/c1-12-6-4-5-7-13(12)19(22)20-9-8-16(21)14-10-17(23-2)18(24-3)11-15(14)20/h4-7,10-11H,8-9H2,1-3H3. The van der Waals surface area contributed by atoms with Gasteiger partial charge >= 0.3 is 0 Å². The van der Waals surface area contributed by atoms with Gasteiger partial charge in [-0.2, -0.15) is 0 Å². The fraction of sp³-hybridized carbons (Fsp3) is 0.263. The molecular weight excluding hydrogens is 306 g/mol. The molecule has 5 nitrogen and oxygen atoms in total. The molecule has 0 aliphatic carbocycles. The number of hydrogen-bond donors (Lipinski definition) is 0. The third kappa shape index (κ3) is 2.62. The summed E-state index contributed by atoms with van der Waals surface area (Å²) < 4.78 is 10.6. The first-order valence-corrected chi connectivity index (χ1v) is 7.73. The molecule has 5 heteroatoms. The Bertz CT molecular complexity index is 813. The lowest BCUT2D eigenvalue weighted by atomic mass is 9.98. The highest BCUT2D eigenvalue weighted by Gasteiger charge is 2.30. The normalized spacial score (nSPS) is 13.5. The van der Waals surface area contributed by atoms with E-state index in [1.807, 2.05) is 25.1 Å². The predicted molar refractivity (Wildman–Crippen MR) is 91.3 cm³/mol. The molecule has 24 heavy (non-hydrogen) atoms. The van der Waals surface area contributed by atoms with Crippen LogP contribution in [0.4, 0.5) is 5.69 Å². The van der Waals surface area contributed by atoms with Gasteiger partial charge in [0.05, 0.1) is 19.9 Å². The molecule has 0 N–H and O–H groups in total. The van der Waals surface area contributed by atoms with Crippen molar-refractivity contribution < 1.29 is 19.1 Å². The summed E-state index contributed by atoms with van der Waals surface area (Å²) in [5.41, 5.74) is 2.59. The van der Waals surface area contributed by atoms with Crippen molar-refractivity contribution in [1.29, 1.82) is 0 Å². The number of fused-ring (bicyclic) bond motifs is 1. The average molecular weight is 325 g/mol. The SMILES string of the molecule is COc1cc2c(cc1OC)N(C(=O)c1ccccc1C)CCC2=O. The van der Waals surface area contributed by atoms with Gasteiger partial charge in [-0.05, 0) is 24.6 Å². The molecule has 2 aromatic carbocycles. The van der Waals surface area contributed by atoms with E-state index in [2.05, 4.69) is 0 Å². The maximum atomic E-state index is 13.0. The van der Waals surface area contributed by atoms with E-state index in [0.29, 0.717) is 41.3 Å². The molecule has 0 unspecified atom stereocenters. The number of rotatable bonds is 3. The highest BCUT2D eigenvalue weighted by atomic mass is 16.5. The number of amides is 1. The number of ketones is 1. The maximum Gasteiger partial charge on any atom is 0.258 e. The number of Topliss-reactive ketones (excluding diaryl/α,β-unsaturated/α-hetero) is 1. The molecule has 0 aromatic heterocycles. The van der Waals surface area contributed by atoms with E-state index in [9.17, 15) is 9.59 Å². The minimum Gasteiger partial charge on any atom is -0.493 e. The Morgan fingerprint density at radius 3 is 2.42 bits per heavy atom. The number of anilines is 1. The van der Waals surface area contributed by atoms with Crippen LogP contribution in [0.2, 0.25) is 0 Å². The largest absolute Gasteiger partial charge is 0.493 e. The molecule has 0 bridgehead atoms. The van der Waals surface area contributed by atoms with E-state index in [-0.39, 0.29) is 11.7 Å². The first-order valence-electron chi connectivity index (χ1n) is 7.73. The van der Waals surface area contributed by atoms with Gasteiger partial charge in [-0.15, -0.1) is 0 Å². The summed E-state index contributed by atoms with van der Waals surface area (Å²) in [6, 6.07) is 10.8. The summed E-state index contributed by atoms with van der Waals surface area (Å²) in [4.78, 5) is 26.9. The van der Waals surface area contributed by atoms with Crippen molar-refractivity contribution in [1.82, 2.24) is 0 Å². The van der Waals surface area contributed by atoms with Gasteiger partial charge in [0.2, 0.25) is 0 Å². The molecule has 0 saturated heterocycles. The fourth-order valence-corrected chi connectivity index (χ4v) is 2.95. The van der Waals surface area contributed by atoms with Gasteiger partial charge in [0.1, 0.15) is 0 Å². The van der Waals surface area contributed by atoms with E-state index >= 15 is 0 Å². The van der Waals surface area contributed by atoms with Crippen molar-refractivity contribution in [2.45, 2.75) is 13.3 Å². The second-order valence-electron chi connectivity index (χ2n) is 5.67. The predicted octanol–water partition coefficient (Wildman–Crippen LogP) is 3.25. The number of methoxy groups -OCH3 is 2. The molecule has 2 aromatic rings. The van der Waals surface area contributed by atoms with Crippen LogP contribution in [0, 0.1) is 6.92 Å². The summed E-state index contributed by atoms with van der Waals surface area (Å²) in [5, 5.41) is 0. The molecule has 3 rings (SSSR count). The van der Waals surface area contributed by atoms with Crippen LogP contribution < -0.4 is 14.4 Å². The number of hydrogen-bond acceptors (Lipinski definition) is 4. The lowest BCUT2D eigenvalue weighted by molar-refractivity contribution is 0.0954. The van der Waals surface area contributed by atoms with Gasteiger partial charge < -0.3 is 14.4 Å². The molecule has 0 atom stereocenters. The smallest absolute Gasteiger partial charge is 0.258 e. The van der Waals surface area contributed by atoms with Gasteiger partial charge in [0, 0.05) is 30.2 Å². The zero-order chi connectivity index (χ0) is 17.3. The zero-order valence-electron chi connectivity index (χ0n) is 14.0. The molecular formula is C19H19NO4. The minimum atomic E-state index is -0.117. The first-order chi connectivity index (χ1) is 11.6. The number of benzene rings is 2. The van der Waals surface area contributed by atoms with Crippen molar-refractivity contribution in [2.24, 2.45) is 0 Å². The maximum absolute atomic E-state index is 13.0. The van der Waals surface area contributed by atoms with Crippen LogP contribution >= 0.6 is 0 Å². The second kappa shape index (κ2) is 6.35. The van der Waals surface area contributed by atoms with Crippen LogP contribution in [0.1, 0.15) is 32.7 Å². The third-order valence-electron chi connectivity index (χ3n) is 4.28. The van der Waals surface area contributed by atoms with Crippen LogP contribution in [0.5, 0.6) is 11.5 Å². The number of nitrogens with zero attached hydrogens (tertiary/aromatic N) is 1. The number of carbonyl (C=O) groups is 2. The van der Waals surface area contributed by atoms with Crippen LogP contribution in [-0.2, 0) is 0 Å². The van der Waals surface area contributed by atoms with E-state index < -0.39 is 0 Å². The summed E-state index contributed by atoms with van der Waals surface area (Å²) in [7, 11) is 3.05. The van der Waals surface area contributed by atoms with Crippen molar-refractivity contribution >= 4 is 17.4 Å². The number of carbonyl (C=O) groups excluding carboxylic acids is 2.